The van der Waals surface area contributed by atoms with Gasteiger partial charge in [0.05, 0.1) is 0 Å². The summed E-state index contributed by atoms with van der Waals surface area (Å²) in [7, 11) is 0. The minimum atomic E-state index is -3.15. The first kappa shape index (κ1) is 29.6. The Bertz CT molecular complexity index is 1210. The average Bonchev–Trinajstić information content (AvgIpc) is 3.41. The van der Waals surface area contributed by atoms with Gasteiger partial charge in [-0.2, -0.15) is 0 Å². The van der Waals surface area contributed by atoms with Crippen molar-refractivity contribution < 1.29 is 17.2 Å². The van der Waals surface area contributed by atoms with Crippen molar-refractivity contribution in [3.63, 3.8) is 0 Å². The number of nitro benzene ring substituents is 1. The SMILES string of the molecule is CCC[CH2][Sn]([CH2]CCC)([CH2]CCC)[O]C(=O)c1ccccc1N=Cc1ccc(-c2ccccc2[N+](=O)[O-])o1. The van der Waals surface area contributed by atoms with Gasteiger partial charge in [0.15, 0.2) is 0 Å². The van der Waals surface area contributed by atoms with Crippen molar-refractivity contribution in [3.8, 4) is 11.3 Å². The number of benzene rings is 2. The monoisotopic (exact) mass is 626 g/mol. The van der Waals surface area contributed by atoms with Crippen molar-refractivity contribution in [1.82, 2.24) is 0 Å². The van der Waals surface area contributed by atoms with Gasteiger partial charge in [0.25, 0.3) is 0 Å². The van der Waals surface area contributed by atoms with Crippen LogP contribution in [0.2, 0.25) is 13.3 Å². The fourth-order valence-electron chi connectivity index (χ4n) is 4.58. The van der Waals surface area contributed by atoms with E-state index in [2.05, 4.69) is 25.8 Å². The molecule has 3 aromatic rings. The number of rotatable bonds is 15. The molecule has 0 saturated heterocycles. The fraction of sp³-hybridized carbons (Fsp3) is 0.400. The predicted octanol–water partition coefficient (Wildman–Crippen LogP) is 9.11. The van der Waals surface area contributed by atoms with Gasteiger partial charge in [0.2, 0.25) is 0 Å². The first-order valence-corrected chi connectivity index (χ1v) is 20.8. The third kappa shape index (κ3) is 8.03. The fourth-order valence-corrected chi connectivity index (χ4v) is 17.6. The van der Waals surface area contributed by atoms with E-state index in [0.29, 0.717) is 28.3 Å². The van der Waals surface area contributed by atoms with Crippen LogP contribution in [0.5, 0.6) is 0 Å². The Kier molecular flexibility index (Phi) is 11.6. The van der Waals surface area contributed by atoms with Crippen LogP contribution in [0.1, 0.15) is 75.4 Å². The van der Waals surface area contributed by atoms with Crippen LogP contribution in [0, 0.1) is 10.1 Å². The van der Waals surface area contributed by atoms with Crippen LogP contribution in [0.3, 0.4) is 0 Å². The zero-order chi connectivity index (χ0) is 27.4. The molecule has 0 aliphatic carbocycles. The van der Waals surface area contributed by atoms with E-state index >= 15 is 0 Å². The topological polar surface area (TPSA) is 94.9 Å². The first-order chi connectivity index (χ1) is 18.4. The molecule has 8 heteroatoms. The van der Waals surface area contributed by atoms with Gasteiger partial charge >= 0.3 is 214 Å². The van der Waals surface area contributed by atoms with Crippen molar-refractivity contribution in [2.24, 2.45) is 4.99 Å². The second kappa shape index (κ2) is 14.9. The predicted molar refractivity (Wildman–Crippen MR) is 155 cm³/mol. The Labute approximate surface area is 229 Å². The summed E-state index contributed by atoms with van der Waals surface area (Å²) >= 11 is -3.15. The Morgan fingerprint density at radius 3 is 2.16 bits per heavy atom. The first-order valence-electron chi connectivity index (χ1n) is 13.6. The van der Waals surface area contributed by atoms with E-state index in [1.54, 1.807) is 42.5 Å². The Morgan fingerprint density at radius 1 is 0.921 bits per heavy atom. The molecule has 3 rings (SSSR count). The summed E-state index contributed by atoms with van der Waals surface area (Å²) in [5.74, 6) is 0.550. The molecule has 0 unspecified atom stereocenters. The van der Waals surface area contributed by atoms with E-state index in [4.69, 9.17) is 7.49 Å². The number of para-hydroxylation sites is 2. The third-order valence-electron chi connectivity index (χ3n) is 6.71. The van der Waals surface area contributed by atoms with E-state index < -0.39 is 23.7 Å². The van der Waals surface area contributed by atoms with E-state index in [-0.39, 0.29) is 11.7 Å². The quantitative estimate of drug-likeness (QED) is 0.0727. The zero-order valence-corrected chi connectivity index (χ0v) is 25.5. The summed E-state index contributed by atoms with van der Waals surface area (Å²) in [5, 5.41) is 11.4. The van der Waals surface area contributed by atoms with E-state index in [9.17, 15) is 14.9 Å². The van der Waals surface area contributed by atoms with Crippen molar-refractivity contribution >= 4 is 42.3 Å². The molecule has 1 aromatic heterocycles. The maximum atomic E-state index is 13.5. The molecule has 0 bridgehead atoms. The number of carbonyl (C=O) groups is 1. The van der Waals surface area contributed by atoms with Crippen LogP contribution in [0.4, 0.5) is 11.4 Å². The maximum absolute atomic E-state index is 13.5. The number of hydrogen-bond donors (Lipinski definition) is 0. The van der Waals surface area contributed by atoms with E-state index in [1.807, 2.05) is 12.1 Å². The molecule has 38 heavy (non-hydrogen) atoms. The van der Waals surface area contributed by atoms with Crippen LogP contribution in [0.15, 0.2) is 70.1 Å². The molecule has 0 N–H and O–H groups in total. The Morgan fingerprint density at radius 2 is 1.53 bits per heavy atom. The van der Waals surface area contributed by atoms with Crippen molar-refractivity contribution in [1.29, 1.82) is 0 Å². The summed E-state index contributed by atoms with van der Waals surface area (Å²) in [6, 6.07) is 17.1. The summed E-state index contributed by atoms with van der Waals surface area (Å²) in [5.41, 5.74) is 1.35. The second-order valence-corrected chi connectivity index (χ2v) is 21.3. The molecular weight excluding hydrogens is 587 g/mol. The number of unbranched alkanes of at least 4 members (excludes halogenated alkanes) is 3. The van der Waals surface area contributed by atoms with Crippen LogP contribution in [-0.4, -0.2) is 35.9 Å². The van der Waals surface area contributed by atoms with Gasteiger partial charge in [0, 0.05) is 0 Å². The normalized spacial score (nSPS) is 11.7. The van der Waals surface area contributed by atoms with Crippen molar-refractivity contribution in [2.75, 3.05) is 0 Å². The Balaban J connectivity index is 1.84. The van der Waals surface area contributed by atoms with Gasteiger partial charge in [-0.05, 0) is 0 Å². The van der Waals surface area contributed by atoms with Gasteiger partial charge in [-0.3, -0.25) is 10.1 Å². The molecular formula is C30H38N2O5Sn. The summed E-state index contributed by atoms with van der Waals surface area (Å²) in [6.45, 7) is 6.58. The molecule has 0 fully saturated rings. The number of furan rings is 1. The molecule has 0 atom stereocenters. The molecule has 1 heterocycles. The number of nitrogens with zero attached hydrogens (tertiary/aromatic N) is 2. The standard InChI is InChI=1S/C18H12N2O5.3C4H9.Sn/c21-18(22)13-5-1-3-7-15(13)19-11-12-9-10-17(25-12)14-6-2-4-8-16(14)20(23)24;3*1-3-4-2;/h1-11H,(H,21,22);3*1,3-4H2,2H3;/q;;;;+1/p-1. The van der Waals surface area contributed by atoms with Crippen LogP contribution < -0.4 is 0 Å². The van der Waals surface area contributed by atoms with E-state index in [1.165, 1.54) is 12.3 Å². The van der Waals surface area contributed by atoms with Crippen LogP contribution >= 0.6 is 0 Å². The second-order valence-electron chi connectivity index (χ2n) is 9.63. The molecule has 0 saturated carbocycles. The van der Waals surface area contributed by atoms with Gasteiger partial charge in [0.1, 0.15) is 0 Å². The molecule has 0 amide bonds. The molecule has 7 nitrogen and oxygen atoms in total. The summed E-state index contributed by atoms with van der Waals surface area (Å²) in [4.78, 5) is 29.0. The number of aliphatic imine (C=N–C) groups is 1. The molecule has 0 spiro atoms. The Hall–Kier alpha value is -2.94. The number of carbonyl (C=O) groups excluding carboxylic acids is 1. The molecule has 0 aliphatic rings. The number of hydrogen-bond acceptors (Lipinski definition) is 6. The third-order valence-corrected chi connectivity index (χ3v) is 19.3. The average molecular weight is 625 g/mol. The molecule has 0 aliphatic heterocycles. The van der Waals surface area contributed by atoms with Gasteiger partial charge in [-0.25, -0.2) is 0 Å². The summed E-state index contributed by atoms with van der Waals surface area (Å²) < 4.78 is 15.6. The molecule has 0 radical (unpaired) electrons. The van der Waals surface area contributed by atoms with Crippen LogP contribution in [-0.2, 0) is 3.07 Å². The van der Waals surface area contributed by atoms with E-state index in [0.717, 1.165) is 51.8 Å². The van der Waals surface area contributed by atoms with Crippen LogP contribution in [0.25, 0.3) is 11.3 Å². The van der Waals surface area contributed by atoms with Crippen molar-refractivity contribution in [2.45, 2.75) is 72.6 Å². The van der Waals surface area contributed by atoms with Gasteiger partial charge < -0.3 is 0 Å². The molecule has 2 aromatic carbocycles. The zero-order valence-electron chi connectivity index (χ0n) is 22.7. The minimum absolute atomic E-state index is 0.0255. The summed E-state index contributed by atoms with van der Waals surface area (Å²) in [6.07, 6.45) is 8.17. The van der Waals surface area contributed by atoms with Gasteiger partial charge in [-0.15, -0.1) is 0 Å². The number of nitro groups is 1. The van der Waals surface area contributed by atoms with Crippen molar-refractivity contribution in [3.05, 3.63) is 82.1 Å². The van der Waals surface area contributed by atoms with Gasteiger partial charge in [-0.1, -0.05) is 6.07 Å². The molecule has 202 valence electrons.